The molecule has 4 heteroatoms. The molecule has 0 amide bonds. The first kappa shape index (κ1) is 11.7. The van der Waals surface area contributed by atoms with E-state index >= 15 is 0 Å². The van der Waals surface area contributed by atoms with Crippen LogP contribution in [0.5, 0.6) is 0 Å². The van der Waals surface area contributed by atoms with E-state index in [4.69, 9.17) is 16.6 Å². The molecule has 1 aromatic carbocycles. The van der Waals surface area contributed by atoms with Gasteiger partial charge in [0.15, 0.2) is 0 Å². The Kier molecular flexibility index (Phi) is 2.78. The number of halogens is 1. The maximum atomic E-state index is 6.13. The molecule has 0 bridgehead atoms. The van der Waals surface area contributed by atoms with Gasteiger partial charge in [0.1, 0.15) is 5.82 Å². The van der Waals surface area contributed by atoms with Gasteiger partial charge < -0.3 is 4.57 Å². The van der Waals surface area contributed by atoms with Gasteiger partial charge in [-0.25, -0.2) is 4.98 Å². The van der Waals surface area contributed by atoms with Crippen LogP contribution in [0.25, 0.3) is 11.0 Å². The van der Waals surface area contributed by atoms with Gasteiger partial charge in [0.05, 0.1) is 23.0 Å². The van der Waals surface area contributed by atoms with E-state index in [1.807, 2.05) is 6.07 Å². The van der Waals surface area contributed by atoms with Gasteiger partial charge in [0.2, 0.25) is 0 Å². The van der Waals surface area contributed by atoms with Crippen molar-refractivity contribution in [2.45, 2.75) is 37.2 Å². The fourth-order valence-corrected chi connectivity index (χ4v) is 4.10. The summed E-state index contributed by atoms with van der Waals surface area (Å²) in [6, 6.07) is 9.66. The van der Waals surface area contributed by atoms with Crippen molar-refractivity contribution in [3.05, 3.63) is 30.1 Å². The van der Waals surface area contributed by atoms with Gasteiger partial charge in [-0.1, -0.05) is 12.1 Å². The number of aromatic nitrogens is 2. The molecule has 0 radical (unpaired) electrons. The minimum absolute atomic E-state index is 0.498. The lowest BCUT2D eigenvalue weighted by molar-refractivity contribution is 0.290. The average Bonchev–Trinajstić information content (AvgIpc) is 3.10. The Bertz CT molecular complexity index is 606. The van der Waals surface area contributed by atoms with Crippen LogP contribution in [0.15, 0.2) is 24.3 Å². The number of rotatable bonds is 2. The van der Waals surface area contributed by atoms with E-state index < -0.39 is 0 Å². The summed E-state index contributed by atoms with van der Waals surface area (Å²) < 4.78 is 2.42. The maximum Gasteiger partial charge on any atom is 0.125 e. The number of alkyl halides is 1. The molecule has 2 aliphatic heterocycles. The first-order chi connectivity index (χ1) is 9.38. The molecule has 0 spiro atoms. The number of benzene rings is 1. The number of fused-ring (bicyclic) bond motifs is 2. The van der Waals surface area contributed by atoms with Gasteiger partial charge in [-0.3, -0.25) is 4.90 Å². The lowest BCUT2D eigenvalue weighted by atomic mass is 10.1. The number of imidazole rings is 1. The highest BCUT2D eigenvalue weighted by molar-refractivity contribution is 6.16. The van der Waals surface area contributed by atoms with Crippen LogP contribution in [0.4, 0.5) is 0 Å². The second kappa shape index (κ2) is 4.50. The Hall–Kier alpha value is -1.06. The van der Waals surface area contributed by atoms with Crippen molar-refractivity contribution in [1.29, 1.82) is 0 Å². The molecule has 0 aliphatic carbocycles. The average molecular weight is 276 g/mol. The lowest BCUT2D eigenvalue weighted by Gasteiger charge is -2.23. The van der Waals surface area contributed by atoms with E-state index in [0.29, 0.717) is 18.0 Å². The molecule has 2 aliphatic rings. The second-order valence-electron chi connectivity index (χ2n) is 5.62. The van der Waals surface area contributed by atoms with Crippen molar-refractivity contribution >= 4 is 22.6 Å². The van der Waals surface area contributed by atoms with Crippen LogP contribution in [-0.2, 0) is 5.88 Å². The zero-order valence-electron chi connectivity index (χ0n) is 10.9. The SMILES string of the molecule is ClCc1nc2ccccc2n1C1CCN2CCCC12. The summed E-state index contributed by atoms with van der Waals surface area (Å²) in [4.78, 5) is 7.34. The van der Waals surface area contributed by atoms with Gasteiger partial charge in [-0.05, 0) is 37.9 Å². The zero-order valence-corrected chi connectivity index (χ0v) is 11.7. The van der Waals surface area contributed by atoms with Gasteiger partial charge in [-0.15, -0.1) is 11.6 Å². The van der Waals surface area contributed by atoms with E-state index in [1.165, 1.54) is 37.9 Å². The zero-order chi connectivity index (χ0) is 12.8. The fraction of sp³-hybridized carbons (Fsp3) is 0.533. The van der Waals surface area contributed by atoms with E-state index in [-0.39, 0.29) is 0 Å². The molecular weight excluding hydrogens is 258 g/mol. The Morgan fingerprint density at radius 2 is 2.05 bits per heavy atom. The van der Waals surface area contributed by atoms with Crippen LogP contribution in [0.3, 0.4) is 0 Å². The molecule has 0 saturated carbocycles. The van der Waals surface area contributed by atoms with Crippen LogP contribution in [0.1, 0.15) is 31.1 Å². The molecule has 4 rings (SSSR count). The van der Waals surface area contributed by atoms with Crippen LogP contribution in [0, 0.1) is 0 Å². The van der Waals surface area contributed by atoms with Crippen molar-refractivity contribution in [1.82, 2.24) is 14.5 Å². The molecule has 3 heterocycles. The molecule has 2 saturated heterocycles. The van der Waals surface area contributed by atoms with Crippen LogP contribution in [-0.4, -0.2) is 33.6 Å². The molecule has 2 atom stereocenters. The van der Waals surface area contributed by atoms with Gasteiger partial charge in [-0.2, -0.15) is 0 Å². The van der Waals surface area contributed by atoms with Crippen LogP contribution in [0.2, 0.25) is 0 Å². The highest BCUT2D eigenvalue weighted by Gasteiger charge is 2.39. The van der Waals surface area contributed by atoms with Crippen LogP contribution < -0.4 is 0 Å². The van der Waals surface area contributed by atoms with E-state index in [1.54, 1.807) is 0 Å². The van der Waals surface area contributed by atoms with Crippen molar-refractivity contribution in [3.8, 4) is 0 Å². The van der Waals surface area contributed by atoms with Gasteiger partial charge in [0.25, 0.3) is 0 Å². The topological polar surface area (TPSA) is 21.1 Å². The third kappa shape index (κ3) is 1.72. The standard InChI is InChI=1S/C15H18ClN3/c16-10-15-17-11-4-1-2-5-12(11)19(15)14-7-9-18-8-3-6-13(14)18/h1-2,4-5,13-14H,3,6-10H2. The first-order valence-electron chi connectivity index (χ1n) is 7.14. The molecule has 2 aromatic rings. The Morgan fingerprint density at radius 3 is 2.95 bits per heavy atom. The monoisotopic (exact) mass is 275 g/mol. The summed E-state index contributed by atoms with van der Waals surface area (Å²) in [5.74, 6) is 1.53. The molecular formula is C15H18ClN3. The fourth-order valence-electron chi connectivity index (χ4n) is 3.92. The number of hydrogen-bond acceptors (Lipinski definition) is 2. The normalized spacial score (nSPS) is 27.2. The Balaban J connectivity index is 1.85. The van der Waals surface area contributed by atoms with E-state index in [0.717, 1.165) is 11.3 Å². The quantitative estimate of drug-likeness (QED) is 0.785. The van der Waals surface area contributed by atoms with Gasteiger partial charge in [0, 0.05) is 12.6 Å². The summed E-state index contributed by atoms with van der Waals surface area (Å²) in [7, 11) is 0. The predicted octanol–water partition coefficient (Wildman–Crippen LogP) is 3.18. The van der Waals surface area contributed by atoms with Gasteiger partial charge >= 0.3 is 0 Å². The van der Waals surface area contributed by atoms with E-state index in [2.05, 4.69) is 27.7 Å². The molecule has 2 unspecified atom stereocenters. The molecule has 2 fully saturated rings. The third-order valence-corrected chi connectivity index (χ3v) is 4.93. The molecule has 100 valence electrons. The minimum Gasteiger partial charge on any atom is -0.322 e. The Morgan fingerprint density at radius 1 is 1.16 bits per heavy atom. The summed E-state index contributed by atoms with van der Waals surface area (Å²) in [6.45, 7) is 2.49. The van der Waals surface area contributed by atoms with Crippen molar-refractivity contribution in [2.75, 3.05) is 13.1 Å². The first-order valence-corrected chi connectivity index (χ1v) is 7.68. The summed E-state index contributed by atoms with van der Waals surface area (Å²) in [5.41, 5.74) is 2.33. The van der Waals surface area contributed by atoms with E-state index in [9.17, 15) is 0 Å². The predicted molar refractivity (Wildman–Crippen MR) is 77.5 cm³/mol. The van der Waals surface area contributed by atoms with Crippen molar-refractivity contribution in [2.24, 2.45) is 0 Å². The van der Waals surface area contributed by atoms with Crippen LogP contribution >= 0.6 is 11.6 Å². The molecule has 19 heavy (non-hydrogen) atoms. The summed E-state index contributed by atoms with van der Waals surface area (Å²) in [6.07, 6.45) is 3.89. The highest BCUT2D eigenvalue weighted by Crippen LogP contribution is 2.38. The largest absolute Gasteiger partial charge is 0.322 e. The van der Waals surface area contributed by atoms with Crippen molar-refractivity contribution in [3.63, 3.8) is 0 Å². The Labute approximate surface area is 118 Å². The highest BCUT2D eigenvalue weighted by atomic mass is 35.5. The number of hydrogen-bond donors (Lipinski definition) is 0. The minimum atomic E-state index is 0.498. The summed E-state index contributed by atoms with van der Waals surface area (Å²) >= 11 is 6.13. The number of nitrogens with zero attached hydrogens (tertiary/aromatic N) is 3. The summed E-state index contributed by atoms with van der Waals surface area (Å²) in [5, 5.41) is 0. The second-order valence-corrected chi connectivity index (χ2v) is 5.89. The molecule has 1 aromatic heterocycles. The van der Waals surface area contributed by atoms with Crippen molar-refractivity contribution < 1.29 is 0 Å². The third-order valence-electron chi connectivity index (χ3n) is 4.69. The number of para-hydroxylation sites is 2. The smallest absolute Gasteiger partial charge is 0.125 e. The maximum absolute atomic E-state index is 6.13. The molecule has 3 nitrogen and oxygen atoms in total. The molecule has 0 N–H and O–H groups in total. The lowest BCUT2D eigenvalue weighted by Crippen LogP contribution is -2.28.